The first kappa shape index (κ1) is 31.4. The van der Waals surface area contributed by atoms with Gasteiger partial charge in [-0.1, -0.05) is 30.7 Å². The van der Waals surface area contributed by atoms with Gasteiger partial charge in [0.2, 0.25) is 6.43 Å². The molecular weight excluding hydrogens is 607 g/mol. The number of nitrogens with one attached hydrogen (secondary N) is 1. The van der Waals surface area contributed by atoms with E-state index in [1.165, 1.54) is 43.3 Å². The average molecular weight is 631 g/mol. The van der Waals surface area contributed by atoms with Gasteiger partial charge < -0.3 is 14.8 Å². The first-order chi connectivity index (χ1) is 19.7. The smallest absolute Gasteiger partial charge is 0.416 e. The summed E-state index contributed by atoms with van der Waals surface area (Å²) in [6.45, 7) is 0.902. The molecular formula is C28H24ClF5N2O5S. The number of alkyl halides is 5. The van der Waals surface area contributed by atoms with Crippen molar-refractivity contribution in [2.24, 2.45) is 0 Å². The van der Waals surface area contributed by atoms with Gasteiger partial charge in [0.15, 0.2) is 9.84 Å². The summed E-state index contributed by atoms with van der Waals surface area (Å²) in [5.74, 6) is -0.948. The summed E-state index contributed by atoms with van der Waals surface area (Å²) in [4.78, 5) is 17.0. The molecule has 0 radical (unpaired) electrons. The Morgan fingerprint density at radius 2 is 1.86 bits per heavy atom. The summed E-state index contributed by atoms with van der Waals surface area (Å²) < 4.78 is 97.6. The van der Waals surface area contributed by atoms with E-state index in [4.69, 9.17) is 16.0 Å². The number of nitrogens with zero attached hydrogens (tertiary/aromatic N) is 1. The Labute approximate surface area is 242 Å². The summed E-state index contributed by atoms with van der Waals surface area (Å²) in [7, 11) is -3.51. The van der Waals surface area contributed by atoms with Crippen molar-refractivity contribution in [1.82, 2.24) is 10.3 Å². The lowest BCUT2D eigenvalue weighted by atomic mass is 9.98. The van der Waals surface area contributed by atoms with Crippen LogP contribution < -0.4 is 5.32 Å². The first-order valence-corrected chi connectivity index (χ1v) is 14.5. The van der Waals surface area contributed by atoms with Gasteiger partial charge in [0.05, 0.1) is 34.6 Å². The molecule has 14 heteroatoms. The number of fused-ring (bicyclic) bond motifs is 1. The van der Waals surface area contributed by atoms with Gasteiger partial charge in [-0.25, -0.2) is 17.2 Å². The molecule has 1 atom stereocenters. The van der Waals surface area contributed by atoms with Crippen LogP contribution in [0.15, 0.2) is 64.0 Å². The molecule has 2 aromatic carbocycles. The monoisotopic (exact) mass is 630 g/mol. The number of sulfone groups is 1. The lowest BCUT2D eigenvalue weighted by Crippen LogP contribution is -2.31. The van der Waals surface area contributed by atoms with Gasteiger partial charge >= 0.3 is 6.18 Å². The van der Waals surface area contributed by atoms with Gasteiger partial charge in [0, 0.05) is 40.6 Å². The van der Waals surface area contributed by atoms with Crippen molar-refractivity contribution in [2.75, 3.05) is 12.4 Å². The zero-order valence-corrected chi connectivity index (χ0v) is 23.5. The molecule has 2 N–H and O–H groups in total. The Hall–Kier alpha value is -3.55. The number of aromatic nitrogens is 1. The number of aliphatic hydroxyl groups excluding tert-OH is 1. The number of rotatable bonds is 10. The van der Waals surface area contributed by atoms with Crippen molar-refractivity contribution in [3.8, 4) is 0 Å². The molecule has 0 bridgehead atoms. The number of aliphatic hydroxyl groups is 1. The Balaban J connectivity index is 1.65. The largest absolute Gasteiger partial charge is 0.460 e. The Bertz CT molecular complexity index is 1710. The molecule has 224 valence electrons. The second-order valence-corrected chi connectivity index (χ2v) is 12.0. The van der Waals surface area contributed by atoms with Gasteiger partial charge in [-0.05, 0) is 42.0 Å². The van der Waals surface area contributed by atoms with E-state index in [-0.39, 0.29) is 54.8 Å². The molecule has 0 saturated carbocycles. The van der Waals surface area contributed by atoms with E-state index >= 15 is 0 Å². The molecule has 0 aliphatic carbocycles. The minimum absolute atomic E-state index is 0.00335. The maximum absolute atomic E-state index is 13.6. The fourth-order valence-corrected chi connectivity index (χ4v) is 5.40. The van der Waals surface area contributed by atoms with Crippen molar-refractivity contribution >= 4 is 38.3 Å². The number of benzene rings is 2. The van der Waals surface area contributed by atoms with Gasteiger partial charge in [0.1, 0.15) is 11.3 Å². The lowest BCUT2D eigenvalue weighted by molar-refractivity contribution is -0.138. The van der Waals surface area contributed by atoms with Crippen LogP contribution in [-0.2, 0) is 28.9 Å². The standard InChI is InChI=1S/C28H24ClF5N2O5S/c1-2-42(39,40)18-6-8-22(35-13-18)23(14-37)36-27(38)16-4-7-19-20(12-26(30)31)25(41-24(19)10-16)9-15-3-5-17(29)11-21(15)28(32,33)34/h3-8,10-11,13,23,26,37H,2,9,12,14H2,1H3,(H,36,38)/t23-/m0/s1. The third-order valence-corrected chi connectivity index (χ3v) is 8.52. The van der Waals surface area contributed by atoms with Crippen molar-refractivity contribution in [3.63, 3.8) is 0 Å². The minimum Gasteiger partial charge on any atom is -0.460 e. The Kier molecular flexibility index (Phi) is 9.24. The third-order valence-electron chi connectivity index (χ3n) is 6.57. The number of furan rings is 1. The quantitative estimate of drug-likeness (QED) is 0.203. The van der Waals surface area contributed by atoms with E-state index in [1.54, 1.807) is 0 Å². The van der Waals surface area contributed by atoms with E-state index in [1.807, 2.05) is 0 Å². The summed E-state index contributed by atoms with van der Waals surface area (Å²) in [6, 6.07) is 8.75. The Morgan fingerprint density at radius 3 is 2.45 bits per heavy atom. The number of hydrogen-bond donors (Lipinski definition) is 2. The minimum atomic E-state index is -4.75. The van der Waals surface area contributed by atoms with Crippen LogP contribution in [-0.4, -0.2) is 43.2 Å². The molecule has 1 amide bonds. The van der Waals surface area contributed by atoms with Gasteiger partial charge in [0.25, 0.3) is 5.91 Å². The molecule has 0 spiro atoms. The molecule has 42 heavy (non-hydrogen) atoms. The predicted octanol–water partition coefficient (Wildman–Crippen LogP) is 6.16. The maximum Gasteiger partial charge on any atom is 0.416 e. The number of hydrogen-bond acceptors (Lipinski definition) is 6. The molecule has 7 nitrogen and oxygen atoms in total. The molecule has 0 fully saturated rings. The van der Waals surface area contributed by atoms with Crippen LogP contribution in [0.1, 0.15) is 51.5 Å². The zero-order valence-electron chi connectivity index (χ0n) is 21.9. The zero-order chi connectivity index (χ0) is 30.8. The highest BCUT2D eigenvalue weighted by molar-refractivity contribution is 7.91. The third kappa shape index (κ3) is 6.90. The van der Waals surface area contributed by atoms with Crippen LogP contribution in [0.4, 0.5) is 22.0 Å². The summed E-state index contributed by atoms with van der Waals surface area (Å²) in [5, 5.41) is 12.5. The number of amides is 1. The summed E-state index contributed by atoms with van der Waals surface area (Å²) in [5.41, 5.74) is -1.04. The maximum atomic E-state index is 13.6. The van der Waals surface area contributed by atoms with Crippen LogP contribution in [0.3, 0.4) is 0 Å². The normalized spacial score (nSPS) is 13.1. The van der Waals surface area contributed by atoms with Crippen LogP contribution in [0, 0.1) is 0 Å². The van der Waals surface area contributed by atoms with Gasteiger partial charge in [-0.3, -0.25) is 9.78 Å². The van der Waals surface area contributed by atoms with Crippen molar-refractivity contribution in [2.45, 2.75) is 43.3 Å². The molecule has 0 aliphatic heterocycles. The second-order valence-electron chi connectivity index (χ2n) is 9.32. The number of pyridine rings is 1. The van der Waals surface area contributed by atoms with Crippen LogP contribution in [0.5, 0.6) is 0 Å². The van der Waals surface area contributed by atoms with Crippen molar-refractivity contribution in [3.05, 3.63) is 93.5 Å². The Morgan fingerprint density at radius 1 is 1.12 bits per heavy atom. The first-order valence-electron chi connectivity index (χ1n) is 12.5. The molecule has 0 aliphatic rings. The number of carbonyl (C=O) groups excluding carboxylic acids is 1. The fraction of sp³-hybridized carbons (Fsp3) is 0.286. The molecule has 2 aromatic heterocycles. The van der Waals surface area contributed by atoms with Gasteiger partial charge in [-0.15, -0.1) is 0 Å². The highest BCUT2D eigenvalue weighted by Gasteiger charge is 2.34. The van der Waals surface area contributed by atoms with Crippen LogP contribution in [0.2, 0.25) is 5.02 Å². The summed E-state index contributed by atoms with van der Waals surface area (Å²) >= 11 is 5.75. The van der Waals surface area contributed by atoms with Gasteiger partial charge in [-0.2, -0.15) is 13.2 Å². The summed E-state index contributed by atoms with van der Waals surface area (Å²) in [6.07, 6.45) is -7.69. The molecule has 0 saturated heterocycles. The van der Waals surface area contributed by atoms with Crippen LogP contribution in [0.25, 0.3) is 11.0 Å². The SMILES string of the molecule is CCS(=O)(=O)c1ccc([C@H](CO)NC(=O)c2ccc3c(CC(F)F)c(Cc4ccc(Cl)cc4C(F)(F)F)oc3c2)nc1. The highest BCUT2D eigenvalue weighted by Crippen LogP contribution is 2.37. The van der Waals surface area contributed by atoms with E-state index in [0.29, 0.717) is 0 Å². The lowest BCUT2D eigenvalue weighted by Gasteiger charge is -2.16. The number of carbonyl (C=O) groups is 1. The predicted molar refractivity (Wildman–Crippen MR) is 144 cm³/mol. The van der Waals surface area contributed by atoms with E-state index in [9.17, 15) is 40.3 Å². The highest BCUT2D eigenvalue weighted by atomic mass is 35.5. The van der Waals surface area contributed by atoms with Crippen molar-refractivity contribution < 1.29 is 44.7 Å². The molecule has 2 heterocycles. The van der Waals surface area contributed by atoms with E-state index in [0.717, 1.165) is 18.3 Å². The van der Waals surface area contributed by atoms with E-state index in [2.05, 4.69) is 10.3 Å². The topological polar surface area (TPSA) is 110 Å². The average Bonchev–Trinajstić information content (AvgIpc) is 3.27. The second kappa shape index (κ2) is 12.4. The molecule has 4 aromatic rings. The van der Waals surface area contributed by atoms with Crippen molar-refractivity contribution in [1.29, 1.82) is 0 Å². The molecule has 4 rings (SSSR count). The fourth-order valence-electron chi connectivity index (χ4n) is 4.41. The number of halogens is 6. The van der Waals surface area contributed by atoms with Crippen LogP contribution >= 0.6 is 11.6 Å². The van der Waals surface area contributed by atoms with E-state index < -0.39 is 59.4 Å². The molecule has 0 unspecified atom stereocenters.